The molecule has 2 rings (SSSR count). The van der Waals surface area contributed by atoms with Crippen LogP contribution in [0.4, 0.5) is 0 Å². The number of hydrogen-bond acceptors (Lipinski definition) is 2. The van der Waals surface area contributed by atoms with Crippen LogP contribution >= 0.6 is 0 Å². The molecule has 108 valence electrons. The first-order chi connectivity index (χ1) is 8.83. The van der Waals surface area contributed by atoms with Crippen molar-refractivity contribution in [3.8, 4) is 0 Å². The molecule has 0 spiro atoms. The summed E-state index contributed by atoms with van der Waals surface area (Å²) >= 11 is 0. The van der Waals surface area contributed by atoms with Gasteiger partial charge in [0.2, 0.25) is 11.8 Å². The molecule has 2 fully saturated rings. The molecule has 1 aliphatic heterocycles. The van der Waals surface area contributed by atoms with Crippen molar-refractivity contribution in [1.82, 2.24) is 10.2 Å². The first kappa shape index (κ1) is 14.4. The van der Waals surface area contributed by atoms with Gasteiger partial charge in [0, 0.05) is 6.54 Å². The average Bonchev–Trinajstić information content (AvgIpc) is 3.08. The maximum Gasteiger partial charge on any atom is 0.248 e. The molecule has 0 aromatic carbocycles. The van der Waals surface area contributed by atoms with Crippen LogP contribution in [0, 0.1) is 11.8 Å². The Kier molecular flexibility index (Phi) is 3.88. The van der Waals surface area contributed by atoms with Crippen molar-refractivity contribution in [2.24, 2.45) is 11.8 Å². The van der Waals surface area contributed by atoms with Gasteiger partial charge in [-0.1, -0.05) is 13.8 Å². The maximum atomic E-state index is 12.5. The van der Waals surface area contributed by atoms with E-state index in [1.165, 1.54) is 0 Å². The topological polar surface area (TPSA) is 49.4 Å². The molecule has 1 aliphatic carbocycles. The standard InChI is InChI=1S/C15H26N2O2/c1-10(2)6-5-9-17-12(11-7-8-11)13(18)16-15(3,4)14(17)19/h10-12H,5-9H2,1-4H3,(H,16,18). The van der Waals surface area contributed by atoms with Crippen LogP contribution in [-0.4, -0.2) is 34.8 Å². The van der Waals surface area contributed by atoms with E-state index in [0.717, 1.165) is 32.2 Å². The van der Waals surface area contributed by atoms with Gasteiger partial charge in [0.05, 0.1) is 0 Å². The van der Waals surface area contributed by atoms with Gasteiger partial charge in [0.25, 0.3) is 0 Å². The van der Waals surface area contributed by atoms with E-state index < -0.39 is 5.54 Å². The molecule has 2 amide bonds. The summed E-state index contributed by atoms with van der Waals surface area (Å²) in [5.41, 5.74) is -0.750. The smallest absolute Gasteiger partial charge is 0.248 e. The number of piperazine rings is 1. The second-order valence-electron chi connectivity index (χ2n) is 6.93. The minimum Gasteiger partial charge on any atom is -0.340 e. The van der Waals surface area contributed by atoms with E-state index in [1.807, 2.05) is 4.90 Å². The third kappa shape index (κ3) is 3.10. The molecule has 4 heteroatoms. The number of nitrogens with zero attached hydrogens (tertiary/aromatic N) is 1. The number of carbonyl (C=O) groups excluding carboxylic acids is 2. The highest BCUT2D eigenvalue weighted by atomic mass is 16.2. The number of carbonyl (C=O) groups is 2. The summed E-state index contributed by atoms with van der Waals surface area (Å²) in [6.07, 6.45) is 4.23. The highest BCUT2D eigenvalue weighted by Crippen LogP contribution is 2.38. The summed E-state index contributed by atoms with van der Waals surface area (Å²) in [4.78, 5) is 26.6. The Morgan fingerprint density at radius 2 is 1.95 bits per heavy atom. The van der Waals surface area contributed by atoms with Crippen LogP contribution in [0.3, 0.4) is 0 Å². The van der Waals surface area contributed by atoms with Gasteiger partial charge in [-0.2, -0.15) is 0 Å². The lowest BCUT2D eigenvalue weighted by Gasteiger charge is -2.43. The Hall–Kier alpha value is -1.06. The van der Waals surface area contributed by atoms with Crippen molar-refractivity contribution in [3.05, 3.63) is 0 Å². The molecule has 1 saturated carbocycles. The molecular formula is C15H26N2O2. The van der Waals surface area contributed by atoms with E-state index in [4.69, 9.17) is 0 Å². The van der Waals surface area contributed by atoms with Crippen molar-refractivity contribution in [2.75, 3.05) is 6.54 Å². The van der Waals surface area contributed by atoms with E-state index in [0.29, 0.717) is 11.8 Å². The van der Waals surface area contributed by atoms with Gasteiger partial charge < -0.3 is 10.2 Å². The lowest BCUT2D eigenvalue weighted by Crippen LogP contribution is -2.68. The molecule has 4 nitrogen and oxygen atoms in total. The third-order valence-electron chi connectivity index (χ3n) is 4.08. The van der Waals surface area contributed by atoms with E-state index in [1.54, 1.807) is 13.8 Å². The fourth-order valence-electron chi connectivity index (χ4n) is 2.85. The molecule has 0 bridgehead atoms. The quantitative estimate of drug-likeness (QED) is 0.826. The Balaban J connectivity index is 2.08. The molecule has 1 heterocycles. The Morgan fingerprint density at radius 1 is 1.32 bits per heavy atom. The molecule has 1 saturated heterocycles. The number of hydrogen-bond donors (Lipinski definition) is 1. The molecule has 0 aromatic rings. The molecular weight excluding hydrogens is 240 g/mol. The van der Waals surface area contributed by atoms with Crippen molar-refractivity contribution in [3.63, 3.8) is 0 Å². The Bertz CT molecular complexity index is 372. The van der Waals surface area contributed by atoms with Gasteiger partial charge in [-0.15, -0.1) is 0 Å². The van der Waals surface area contributed by atoms with Crippen molar-refractivity contribution >= 4 is 11.8 Å². The Morgan fingerprint density at radius 3 is 2.47 bits per heavy atom. The van der Waals surface area contributed by atoms with Gasteiger partial charge >= 0.3 is 0 Å². The number of rotatable bonds is 5. The predicted molar refractivity (Wildman–Crippen MR) is 74.5 cm³/mol. The zero-order valence-electron chi connectivity index (χ0n) is 12.5. The van der Waals surface area contributed by atoms with Gasteiger partial charge in [-0.25, -0.2) is 0 Å². The minimum atomic E-state index is -0.750. The fourth-order valence-corrected chi connectivity index (χ4v) is 2.85. The second-order valence-corrected chi connectivity index (χ2v) is 6.93. The minimum absolute atomic E-state index is 0.0386. The first-order valence-corrected chi connectivity index (χ1v) is 7.46. The van der Waals surface area contributed by atoms with E-state index in [2.05, 4.69) is 19.2 Å². The maximum absolute atomic E-state index is 12.5. The van der Waals surface area contributed by atoms with Gasteiger partial charge in [-0.3, -0.25) is 9.59 Å². The molecule has 1 unspecified atom stereocenters. The predicted octanol–water partition coefficient (Wildman–Crippen LogP) is 1.94. The molecule has 2 aliphatic rings. The van der Waals surface area contributed by atoms with E-state index >= 15 is 0 Å². The lowest BCUT2D eigenvalue weighted by atomic mass is 9.94. The van der Waals surface area contributed by atoms with Crippen LogP contribution in [0.5, 0.6) is 0 Å². The zero-order chi connectivity index (χ0) is 14.2. The fraction of sp³-hybridized carbons (Fsp3) is 0.867. The summed E-state index contributed by atoms with van der Waals surface area (Å²) in [5, 5.41) is 2.88. The summed E-state index contributed by atoms with van der Waals surface area (Å²) in [6, 6.07) is -0.215. The van der Waals surface area contributed by atoms with Crippen molar-refractivity contribution in [1.29, 1.82) is 0 Å². The summed E-state index contributed by atoms with van der Waals surface area (Å²) in [5.74, 6) is 1.14. The van der Waals surface area contributed by atoms with Crippen LogP contribution < -0.4 is 5.32 Å². The van der Waals surface area contributed by atoms with Crippen molar-refractivity contribution in [2.45, 2.75) is 65.0 Å². The monoisotopic (exact) mass is 266 g/mol. The number of nitrogens with one attached hydrogen (secondary N) is 1. The molecule has 0 radical (unpaired) electrons. The van der Waals surface area contributed by atoms with Gasteiger partial charge in [-0.05, 0) is 51.4 Å². The van der Waals surface area contributed by atoms with Crippen LogP contribution in [0.1, 0.15) is 53.4 Å². The normalized spacial score (nSPS) is 26.8. The molecule has 1 N–H and O–H groups in total. The van der Waals surface area contributed by atoms with Crippen LogP contribution in [0.25, 0.3) is 0 Å². The van der Waals surface area contributed by atoms with Crippen LogP contribution in [0.2, 0.25) is 0 Å². The highest BCUT2D eigenvalue weighted by Gasteiger charge is 2.50. The molecule has 19 heavy (non-hydrogen) atoms. The van der Waals surface area contributed by atoms with Crippen LogP contribution in [-0.2, 0) is 9.59 Å². The van der Waals surface area contributed by atoms with Gasteiger partial charge in [0.15, 0.2) is 0 Å². The first-order valence-electron chi connectivity index (χ1n) is 7.46. The number of amides is 2. The summed E-state index contributed by atoms with van der Waals surface area (Å²) in [6.45, 7) is 8.69. The largest absolute Gasteiger partial charge is 0.340 e. The SMILES string of the molecule is CC(C)CCCN1C(=O)C(C)(C)NC(=O)C1C1CC1. The van der Waals surface area contributed by atoms with Crippen LogP contribution in [0.15, 0.2) is 0 Å². The van der Waals surface area contributed by atoms with Gasteiger partial charge in [0.1, 0.15) is 11.6 Å². The van der Waals surface area contributed by atoms with Crippen molar-refractivity contribution < 1.29 is 9.59 Å². The van der Waals surface area contributed by atoms with E-state index in [-0.39, 0.29) is 17.9 Å². The average molecular weight is 266 g/mol. The summed E-state index contributed by atoms with van der Waals surface area (Å²) in [7, 11) is 0. The second kappa shape index (κ2) is 5.14. The Labute approximate surface area is 115 Å². The van der Waals surface area contributed by atoms with E-state index in [9.17, 15) is 9.59 Å². The molecule has 1 atom stereocenters. The third-order valence-corrected chi connectivity index (χ3v) is 4.08. The zero-order valence-corrected chi connectivity index (χ0v) is 12.5. The lowest BCUT2D eigenvalue weighted by molar-refractivity contribution is -0.154. The summed E-state index contributed by atoms with van der Waals surface area (Å²) < 4.78 is 0. The molecule has 0 aromatic heterocycles. The highest BCUT2D eigenvalue weighted by molar-refractivity contribution is 5.99.